The fourth-order valence-electron chi connectivity index (χ4n) is 2.00. The normalized spacial score (nSPS) is 16.6. The Labute approximate surface area is 108 Å². The molecule has 0 aliphatic heterocycles. The van der Waals surface area contributed by atoms with E-state index in [1.807, 2.05) is 19.3 Å². The van der Waals surface area contributed by atoms with Gasteiger partial charge in [-0.2, -0.15) is 0 Å². The maximum atomic E-state index is 5.76. The molecule has 1 aliphatic carbocycles. The van der Waals surface area contributed by atoms with Crippen LogP contribution in [0.5, 0.6) is 0 Å². The highest BCUT2D eigenvalue weighted by molar-refractivity contribution is 5.34. The quantitative estimate of drug-likeness (QED) is 0.781. The number of anilines is 1. The highest BCUT2D eigenvalue weighted by Crippen LogP contribution is 2.29. The second-order valence-electron chi connectivity index (χ2n) is 4.99. The largest absolute Gasteiger partial charge is 0.383 e. The van der Waals surface area contributed by atoms with Gasteiger partial charge in [0.15, 0.2) is 0 Å². The lowest BCUT2D eigenvalue weighted by Crippen LogP contribution is -2.31. The molecule has 5 nitrogen and oxygen atoms in total. The summed E-state index contributed by atoms with van der Waals surface area (Å²) in [4.78, 5) is 11.1. The first-order valence-corrected chi connectivity index (χ1v) is 6.52. The van der Waals surface area contributed by atoms with E-state index in [0.717, 1.165) is 24.5 Å². The summed E-state index contributed by atoms with van der Waals surface area (Å²) in [5.74, 6) is 0.808. The minimum atomic E-state index is 0.146. The van der Waals surface area contributed by atoms with E-state index < -0.39 is 0 Å². The summed E-state index contributed by atoms with van der Waals surface area (Å²) in [5, 5.41) is 0. The lowest BCUT2D eigenvalue weighted by Gasteiger charge is -2.21. The molecule has 1 aromatic heterocycles. The molecule has 100 valence electrons. The van der Waals surface area contributed by atoms with E-state index in [-0.39, 0.29) is 6.04 Å². The fraction of sp³-hybridized carbons (Fsp3) is 0.692. The molecule has 1 heterocycles. The molecule has 0 saturated heterocycles. The van der Waals surface area contributed by atoms with Gasteiger partial charge in [0.05, 0.1) is 6.61 Å². The third kappa shape index (κ3) is 3.65. The minimum Gasteiger partial charge on any atom is -0.383 e. The van der Waals surface area contributed by atoms with Crippen LogP contribution in [0.25, 0.3) is 0 Å². The molecule has 0 radical (unpaired) electrons. The van der Waals surface area contributed by atoms with E-state index in [0.29, 0.717) is 12.6 Å². The first kappa shape index (κ1) is 13.2. The minimum absolute atomic E-state index is 0.146. The van der Waals surface area contributed by atoms with Gasteiger partial charge in [-0.05, 0) is 31.7 Å². The van der Waals surface area contributed by atoms with Crippen LogP contribution in [0.15, 0.2) is 12.4 Å². The van der Waals surface area contributed by atoms with E-state index in [2.05, 4.69) is 14.9 Å². The van der Waals surface area contributed by atoms with E-state index in [9.17, 15) is 0 Å². The molecule has 2 rings (SSSR count). The van der Waals surface area contributed by atoms with Gasteiger partial charge in [0.1, 0.15) is 0 Å². The average molecular weight is 250 g/mol. The van der Waals surface area contributed by atoms with Gasteiger partial charge in [-0.15, -0.1) is 0 Å². The van der Waals surface area contributed by atoms with Crippen molar-refractivity contribution < 1.29 is 4.74 Å². The highest BCUT2D eigenvalue weighted by atomic mass is 16.5. The van der Waals surface area contributed by atoms with Gasteiger partial charge in [-0.1, -0.05) is 0 Å². The topological polar surface area (TPSA) is 64.3 Å². The van der Waals surface area contributed by atoms with Crippen LogP contribution in [0, 0.1) is 0 Å². The number of ether oxygens (including phenoxy) is 1. The molecule has 0 spiro atoms. The first-order chi connectivity index (χ1) is 8.70. The van der Waals surface area contributed by atoms with Crippen molar-refractivity contribution in [3.05, 3.63) is 18.0 Å². The molecule has 0 amide bonds. The lowest BCUT2D eigenvalue weighted by atomic mass is 10.1. The molecular weight excluding hydrogens is 228 g/mol. The standard InChI is InChI=1S/C13H22N4O/c1-10(14)7-11-8-15-13(16-9-11)17(5-6-18-2)12-3-4-12/h8-10,12H,3-7,14H2,1-2H3. The van der Waals surface area contributed by atoms with Crippen molar-refractivity contribution in [2.75, 3.05) is 25.2 Å². The van der Waals surface area contributed by atoms with Crippen molar-refractivity contribution in [2.45, 2.75) is 38.3 Å². The Balaban J connectivity index is 2.01. The zero-order valence-corrected chi connectivity index (χ0v) is 11.2. The summed E-state index contributed by atoms with van der Waals surface area (Å²) in [6.07, 6.45) is 7.05. The Hall–Kier alpha value is -1.20. The maximum Gasteiger partial charge on any atom is 0.225 e. The Morgan fingerprint density at radius 2 is 2.11 bits per heavy atom. The summed E-state index contributed by atoms with van der Waals surface area (Å²) >= 11 is 0. The summed E-state index contributed by atoms with van der Waals surface area (Å²) in [5.41, 5.74) is 6.86. The third-order valence-corrected chi connectivity index (χ3v) is 3.03. The second-order valence-corrected chi connectivity index (χ2v) is 4.99. The summed E-state index contributed by atoms with van der Waals surface area (Å²) in [6.45, 7) is 3.55. The number of rotatable bonds is 7. The molecule has 0 aromatic carbocycles. The molecule has 2 N–H and O–H groups in total. The third-order valence-electron chi connectivity index (χ3n) is 3.03. The molecule has 18 heavy (non-hydrogen) atoms. The monoisotopic (exact) mass is 250 g/mol. The van der Waals surface area contributed by atoms with Crippen molar-refractivity contribution in [1.29, 1.82) is 0 Å². The fourth-order valence-corrected chi connectivity index (χ4v) is 2.00. The molecular formula is C13H22N4O. The number of nitrogens with zero attached hydrogens (tertiary/aromatic N) is 3. The van der Waals surface area contributed by atoms with Crippen LogP contribution in [0.4, 0.5) is 5.95 Å². The number of aromatic nitrogens is 2. The van der Waals surface area contributed by atoms with E-state index in [4.69, 9.17) is 10.5 Å². The number of hydrogen-bond donors (Lipinski definition) is 1. The van der Waals surface area contributed by atoms with Crippen LogP contribution in [0.2, 0.25) is 0 Å². The van der Waals surface area contributed by atoms with Crippen LogP contribution >= 0.6 is 0 Å². The number of hydrogen-bond acceptors (Lipinski definition) is 5. The molecule has 1 atom stereocenters. The van der Waals surface area contributed by atoms with E-state index in [1.165, 1.54) is 12.8 Å². The van der Waals surface area contributed by atoms with E-state index >= 15 is 0 Å². The second kappa shape index (κ2) is 6.11. The number of nitrogens with two attached hydrogens (primary N) is 1. The molecule has 1 aliphatic rings. The Bertz CT molecular complexity index is 362. The summed E-state index contributed by atoms with van der Waals surface area (Å²) in [7, 11) is 1.72. The summed E-state index contributed by atoms with van der Waals surface area (Å²) < 4.78 is 5.13. The van der Waals surface area contributed by atoms with Crippen molar-refractivity contribution >= 4 is 5.95 Å². The molecule has 0 bridgehead atoms. The highest BCUT2D eigenvalue weighted by Gasteiger charge is 2.30. The summed E-state index contributed by atoms with van der Waals surface area (Å²) in [6, 6.07) is 0.743. The van der Waals surface area contributed by atoms with Crippen molar-refractivity contribution in [3.63, 3.8) is 0 Å². The molecule has 1 unspecified atom stereocenters. The van der Waals surface area contributed by atoms with Crippen LogP contribution in [0.1, 0.15) is 25.3 Å². The lowest BCUT2D eigenvalue weighted by molar-refractivity contribution is 0.204. The molecule has 1 aromatic rings. The van der Waals surface area contributed by atoms with Gasteiger partial charge in [0, 0.05) is 38.1 Å². The van der Waals surface area contributed by atoms with Crippen LogP contribution in [-0.4, -0.2) is 42.3 Å². The van der Waals surface area contributed by atoms with Gasteiger partial charge < -0.3 is 15.4 Å². The van der Waals surface area contributed by atoms with Crippen LogP contribution in [-0.2, 0) is 11.2 Å². The van der Waals surface area contributed by atoms with Gasteiger partial charge in [-0.3, -0.25) is 0 Å². The average Bonchev–Trinajstić information content (AvgIpc) is 3.15. The van der Waals surface area contributed by atoms with Crippen LogP contribution < -0.4 is 10.6 Å². The number of methoxy groups -OCH3 is 1. The molecule has 5 heteroatoms. The predicted molar refractivity (Wildman–Crippen MR) is 71.6 cm³/mol. The van der Waals surface area contributed by atoms with Crippen molar-refractivity contribution in [2.24, 2.45) is 5.73 Å². The van der Waals surface area contributed by atoms with Crippen LogP contribution in [0.3, 0.4) is 0 Å². The van der Waals surface area contributed by atoms with Crippen molar-refractivity contribution in [1.82, 2.24) is 9.97 Å². The Morgan fingerprint density at radius 3 is 2.61 bits per heavy atom. The van der Waals surface area contributed by atoms with Gasteiger partial charge in [-0.25, -0.2) is 9.97 Å². The Kier molecular flexibility index (Phi) is 4.49. The smallest absolute Gasteiger partial charge is 0.225 e. The SMILES string of the molecule is COCCN(c1ncc(CC(C)N)cn1)C1CC1. The predicted octanol–water partition coefficient (Wildman–Crippen LogP) is 0.981. The first-order valence-electron chi connectivity index (χ1n) is 6.52. The van der Waals surface area contributed by atoms with Gasteiger partial charge >= 0.3 is 0 Å². The zero-order valence-electron chi connectivity index (χ0n) is 11.2. The molecule has 1 fully saturated rings. The maximum absolute atomic E-state index is 5.76. The van der Waals surface area contributed by atoms with Gasteiger partial charge in [0.25, 0.3) is 0 Å². The zero-order chi connectivity index (χ0) is 13.0. The Morgan fingerprint density at radius 1 is 1.44 bits per heavy atom. The van der Waals surface area contributed by atoms with Crippen molar-refractivity contribution in [3.8, 4) is 0 Å². The molecule has 1 saturated carbocycles. The van der Waals surface area contributed by atoms with E-state index in [1.54, 1.807) is 7.11 Å². The van der Waals surface area contributed by atoms with Gasteiger partial charge in [0.2, 0.25) is 5.95 Å².